The third-order valence-corrected chi connectivity index (χ3v) is 4.14. The van der Waals surface area contributed by atoms with E-state index in [1.165, 1.54) is 6.07 Å². The minimum atomic E-state index is -0.199. The van der Waals surface area contributed by atoms with E-state index in [1.54, 1.807) is 6.07 Å². The minimum absolute atomic E-state index is 0.0586. The molecule has 0 bridgehead atoms. The van der Waals surface area contributed by atoms with Gasteiger partial charge < -0.3 is 15.6 Å². The topological polar surface area (TPSA) is 99.8 Å². The number of nitrogens with one attached hydrogen (secondary N) is 3. The average Bonchev–Trinajstić information content (AvgIpc) is 2.62. The second-order valence-electron chi connectivity index (χ2n) is 6.90. The van der Waals surface area contributed by atoms with Crippen molar-refractivity contribution in [3.63, 3.8) is 0 Å². The van der Waals surface area contributed by atoms with Crippen molar-refractivity contribution >= 4 is 11.7 Å². The first-order valence-electron chi connectivity index (χ1n) is 9.50. The maximum Gasteiger partial charge on any atom is 0.253 e. The predicted octanol–water partition coefficient (Wildman–Crippen LogP) is 2.78. The molecule has 0 aromatic carbocycles. The predicted molar refractivity (Wildman–Crippen MR) is 107 cm³/mol. The molecule has 2 aromatic rings. The van der Waals surface area contributed by atoms with Crippen LogP contribution in [0.1, 0.15) is 67.1 Å². The van der Waals surface area contributed by atoms with Gasteiger partial charge in [0.25, 0.3) is 5.91 Å². The molecule has 7 heteroatoms. The lowest BCUT2D eigenvalue weighted by molar-refractivity contribution is 0.0953. The second-order valence-corrected chi connectivity index (χ2v) is 6.90. The highest BCUT2D eigenvalue weighted by molar-refractivity contribution is 5.95. The van der Waals surface area contributed by atoms with Crippen molar-refractivity contribution in [2.75, 3.05) is 18.4 Å². The fourth-order valence-electron chi connectivity index (χ4n) is 2.77. The summed E-state index contributed by atoms with van der Waals surface area (Å²) in [6.45, 7) is 8.98. The first-order valence-corrected chi connectivity index (χ1v) is 9.50. The van der Waals surface area contributed by atoms with Gasteiger partial charge in [0.2, 0.25) is 5.56 Å². The molecule has 2 heterocycles. The number of unbranched alkanes of at least 4 members (excludes halogenated alkanes) is 1. The molecule has 1 amide bonds. The number of aryl methyl sites for hydroxylation is 2. The van der Waals surface area contributed by atoms with Crippen LogP contribution in [-0.4, -0.2) is 33.9 Å². The smallest absolute Gasteiger partial charge is 0.253 e. The summed E-state index contributed by atoms with van der Waals surface area (Å²) in [4.78, 5) is 35.7. The normalized spacial score (nSPS) is 10.9. The van der Waals surface area contributed by atoms with Crippen molar-refractivity contribution in [2.24, 2.45) is 0 Å². The number of rotatable bonds is 9. The van der Waals surface area contributed by atoms with E-state index in [4.69, 9.17) is 0 Å². The molecule has 146 valence electrons. The van der Waals surface area contributed by atoms with Gasteiger partial charge in [-0.25, -0.2) is 9.97 Å². The zero-order valence-corrected chi connectivity index (χ0v) is 16.6. The Balaban J connectivity index is 1.91. The lowest BCUT2D eigenvalue weighted by atomic mass is 10.0. The molecular weight excluding hydrogens is 342 g/mol. The van der Waals surface area contributed by atoms with E-state index >= 15 is 0 Å². The highest BCUT2D eigenvalue weighted by atomic mass is 16.1. The molecule has 0 spiro atoms. The highest BCUT2D eigenvalue weighted by Gasteiger charge is 2.14. The van der Waals surface area contributed by atoms with E-state index in [0.29, 0.717) is 24.3 Å². The zero-order chi connectivity index (χ0) is 19.8. The molecule has 0 saturated heterocycles. The van der Waals surface area contributed by atoms with Gasteiger partial charge in [0, 0.05) is 43.0 Å². The Morgan fingerprint density at radius 2 is 2.00 bits per heavy atom. The van der Waals surface area contributed by atoms with Crippen LogP contribution in [-0.2, 0) is 6.42 Å². The molecule has 0 radical (unpaired) electrons. The number of H-pyrrole nitrogens is 1. The summed E-state index contributed by atoms with van der Waals surface area (Å²) in [7, 11) is 0. The van der Waals surface area contributed by atoms with E-state index in [-0.39, 0.29) is 17.4 Å². The first-order chi connectivity index (χ1) is 12.9. The summed E-state index contributed by atoms with van der Waals surface area (Å²) in [6, 6.07) is 4.85. The van der Waals surface area contributed by atoms with Crippen molar-refractivity contribution in [2.45, 2.75) is 52.9 Å². The third kappa shape index (κ3) is 6.20. The maximum atomic E-state index is 12.4. The molecule has 0 unspecified atom stereocenters. The summed E-state index contributed by atoms with van der Waals surface area (Å²) in [6.07, 6.45) is 3.04. The largest absolute Gasteiger partial charge is 0.368 e. The van der Waals surface area contributed by atoms with Crippen molar-refractivity contribution in [3.8, 4) is 0 Å². The van der Waals surface area contributed by atoms with Crippen LogP contribution in [0.4, 0.5) is 5.82 Å². The summed E-state index contributed by atoms with van der Waals surface area (Å²) < 4.78 is 0. The number of hydrogen-bond donors (Lipinski definition) is 3. The summed E-state index contributed by atoms with van der Waals surface area (Å²) in [5.41, 5.74) is 1.89. The van der Waals surface area contributed by atoms with Crippen molar-refractivity contribution in [1.82, 2.24) is 20.3 Å². The number of amides is 1. The molecule has 7 nitrogen and oxygen atoms in total. The van der Waals surface area contributed by atoms with Crippen LogP contribution in [0, 0.1) is 6.92 Å². The van der Waals surface area contributed by atoms with Crippen molar-refractivity contribution in [3.05, 3.63) is 51.3 Å². The maximum absolute atomic E-state index is 12.4. The molecule has 2 aromatic heterocycles. The summed E-state index contributed by atoms with van der Waals surface area (Å²) >= 11 is 0. The van der Waals surface area contributed by atoms with E-state index in [2.05, 4.69) is 32.5 Å². The van der Waals surface area contributed by atoms with Gasteiger partial charge >= 0.3 is 0 Å². The number of aromatic nitrogens is 3. The van der Waals surface area contributed by atoms with E-state index < -0.39 is 0 Å². The van der Waals surface area contributed by atoms with E-state index in [0.717, 1.165) is 36.6 Å². The summed E-state index contributed by atoms with van der Waals surface area (Å²) in [5.74, 6) is 1.48. The fourth-order valence-corrected chi connectivity index (χ4v) is 2.77. The molecule has 0 aliphatic heterocycles. The molecule has 2 rings (SSSR count). The molecule has 0 aliphatic rings. The van der Waals surface area contributed by atoms with Gasteiger partial charge in [-0.3, -0.25) is 9.59 Å². The van der Waals surface area contributed by atoms with Crippen LogP contribution in [0.2, 0.25) is 0 Å². The van der Waals surface area contributed by atoms with Gasteiger partial charge in [0.05, 0.1) is 5.56 Å². The molecule has 0 aliphatic carbocycles. The molecule has 0 fully saturated rings. The molecule has 3 N–H and O–H groups in total. The molecule has 0 atom stereocenters. The van der Waals surface area contributed by atoms with Gasteiger partial charge in [-0.2, -0.15) is 0 Å². The fraction of sp³-hybridized carbons (Fsp3) is 0.500. The van der Waals surface area contributed by atoms with Crippen LogP contribution in [0.25, 0.3) is 0 Å². The number of anilines is 1. The third-order valence-electron chi connectivity index (χ3n) is 4.14. The Morgan fingerprint density at radius 1 is 1.22 bits per heavy atom. The van der Waals surface area contributed by atoms with E-state index in [9.17, 15) is 9.59 Å². The standard InChI is InChI=1S/C20H29N5O2/c1-5-6-7-16-23-14(4)12-17(24-16)21-10-11-22-20(27)15-8-9-18(26)25-19(15)13(2)3/h8-9,12-13H,5-7,10-11H2,1-4H3,(H,22,27)(H,25,26)(H,21,23,24). The van der Waals surface area contributed by atoms with Crippen LogP contribution >= 0.6 is 0 Å². The van der Waals surface area contributed by atoms with Crippen LogP contribution < -0.4 is 16.2 Å². The first kappa shape index (κ1) is 20.6. The minimum Gasteiger partial charge on any atom is -0.368 e. The zero-order valence-electron chi connectivity index (χ0n) is 16.6. The second kappa shape index (κ2) is 9.85. The Kier molecular flexibility index (Phi) is 7.52. The molecule has 27 heavy (non-hydrogen) atoms. The highest BCUT2D eigenvalue weighted by Crippen LogP contribution is 2.15. The molecule has 0 saturated carbocycles. The number of pyridine rings is 1. The van der Waals surface area contributed by atoms with Gasteiger partial charge in [-0.05, 0) is 25.3 Å². The quantitative estimate of drug-likeness (QED) is 0.589. The van der Waals surface area contributed by atoms with Crippen molar-refractivity contribution in [1.29, 1.82) is 0 Å². The van der Waals surface area contributed by atoms with Crippen LogP contribution in [0.5, 0.6) is 0 Å². The number of aromatic amines is 1. The molecular formula is C20H29N5O2. The van der Waals surface area contributed by atoms with Crippen LogP contribution in [0.15, 0.2) is 23.0 Å². The number of nitrogens with zero attached hydrogens (tertiary/aromatic N) is 2. The SMILES string of the molecule is CCCCc1nc(C)cc(NCCNC(=O)c2ccc(=O)[nH]c2C(C)C)n1. The monoisotopic (exact) mass is 371 g/mol. The van der Waals surface area contributed by atoms with Gasteiger partial charge in [0.1, 0.15) is 11.6 Å². The lowest BCUT2D eigenvalue weighted by Gasteiger charge is -2.13. The van der Waals surface area contributed by atoms with E-state index in [1.807, 2.05) is 26.8 Å². The number of carbonyl (C=O) groups excluding carboxylic acids is 1. The summed E-state index contributed by atoms with van der Waals surface area (Å²) in [5, 5.41) is 6.11. The number of carbonyl (C=O) groups is 1. The Morgan fingerprint density at radius 3 is 2.70 bits per heavy atom. The van der Waals surface area contributed by atoms with Crippen molar-refractivity contribution < 1.29 is 4.79 Å². The van der Waals surface area contributed by atoms with Crippen LogP contribution in [0.3, 0.4) is 0 Å². The van der Waals surface area contributed by atoms with Gasteiger partial charge in [-0.1, -0.05) is 27.2 Å². The lowest BCUT2D eigenvalue weighted by Crippen LogP contribution is -2.30. The number of hydrogen-bond acceptors (Lipinski definition) is 5. The van der Waals surface area contributed by atoms with Gasteiger partial charge in [0.15, 0.2) is 0 Å². The van der Waals surface area contributed by atoms with Gasteiger partial charge in [-0.15, -0.1) is 0 Å². The Hall–Kier alpha value is -2.70. The Bertz CT molecular complexity index is 829. The average molecular weight is 371 g/mol. The Labute approximate surface area is 160 Å².